The molecule has 106 valence electrons. The van der Waals surface area contributed by atoms with Crippen molar-refractivity contribution in [2.45, 2.75) is 26.7 Å². The Morgan fingerprint density at radius 3 is 3.00 bits per heavy atom. The summed E-state index contributed by atoms with van der Waals surface area (Å²) in [4.78, 5) is 14.4. The van der Waals surface area contributed by atoms with Crippen LogP contribution in [0.15, 0.2) is 6.07 Å². The lowest BCUT2D eigenvalue weighted by Crippen LogP contribution is -2.40. The molecule has 1 N–H and O–H groups in total. The summed E-state index contributed by atoms with van der Waals surface area (Å²) in [7, 11) is 1.80. The van der Waals surface area contributed by atoms with Crippen LogP contribution in [0, 0.1) is 12.8 Å². The molecule has 5 nitrogen and oxygen atoms in total. The number of aryl methyl sites for hydroxylation is 2. The summed E-state index contributed by atoms with van der Waals surface area (Å²) < 4.78 is 1.63. The highest BCUT2D eigenvalue weighted by atomic mass is 16.2. The maximum atomic E-state index is 12.0. The van der Waals surface area contributed by atoms with E-state index in [1.807, 2.05) is 13.0 Å². The summed E-state index contributed by atoms with van der Waals surface area (Å²) in [5, 5.41) is 7.16. The molecule has 1 aromatic rings. The number of carbonyl (C=O) groups is 1. The molecule has 0 aliphatic carbocycles. The molecule has 1 saturated heterocycles. The van der Waals surface area contributed by atoms with E-state index in [1.54, 1.807) is 11.7 Å². The van der Waals surface area contributed by atoms with Gasteiger partial charge in [-0.15, -0.1) is 0 Å². The molecule has 0 radical (unpaired) electrons. The van der Waals surface area contributed by atoms with Crippen molar-refractivity contribution in [3.63, 3.8) is 0 Å². The highest BCUT2D eigenvalue weighted by Gasteiger charge is 2.16. The van der Waals surface area contributed by atoms with Crippen LogP contribution >= 0.6 is 0 Å². The second-order valence-electron chi connectivity index (χ2n) is 5.60. The van der Waals surface area contributed by atoms with E-state index in [0.29, 0.717) is 12.2 Å². The summed E-state index contributed by atoms with van der Waals surface area (Å²) in [5.74, 6) is 0.748. The topological polar surface area (TPSA) is 50.2 Å². The van der Waals surface area contributed by atoms with Crippen molar-refractivity contribution in [1.82, 2.24) is 20.0 Å². The van der Waals surface area contributed by atoms with Crippen LogP contribution in [0.25, 0.3) is 0 Å². The Bertz CT molecular complexity index is 441. The lowest BCUT2D eigenvalue weighted by molar-refractivity contribution is 0.0934. The minimum atomic E-state index is -0.0341. The summed E-state index contributed by atoms with van der Waals surface area (Å²) in [6, 6.07) is 1.82. The first-order valence-corrected chi connectivity index (χ1v) is 7.07. The van der Waals surface area contributed by atoms with Gasteiger partial charge in [-0.05, 0) is 38.3 Å². The zero-order valence-electron chi connectivity index (χ0n) is 12.1. The van der Waals surface area contributed by atoms with E-state index in [1.165, 1.54) is 12.8 Å². The highest BCUT2D eigenvalue weighted by Crippen LogP contribution is 2.14. The smallest absolute Gasteiger partial charge is 0.269 e. The minimum absolute atomic E-state index is 0.0341. The standard InChI is InChI=1S/C14H24N4O/c1-11-5-4-7-18(10-11)8-6-15-14(19)13-9-12(2)16-17(13)3/h9,11H,4-8,10H2,1-3H3,(H,15,19)/t11-/m1/s1. The molecule has 1 aromatic heterocycles. The summed E-state index contributed by atoms with van der Waals surface area (Å²) in [6.45, 7) is 8.14. The number of nitrogens with zero attached hydrogens (tertiary/aromatic N) is 3. The van der Waals surface area contributed by atoms with E-state index in [-0.39, 0.29) is 5.91 Å². The van der Waals surface area contributed by atoms with Gasteiger partial charge in [0, 0.05) is 26.7 Å². The lowest BCUT2D eigenvalue weighted by atomic mass is 10.0. The predicted molar refractivity (Wildman–Crippen MR) is 75.1 cm³/mol. The van der Waals surface area contributed by atoms with Crippen LogP contribution in [0.1, 0.15) is 35.9 Å². The molecular weight excluding hydrogens is 240 g/mol. The lowest BCUT2D eigenvalue weighted by Gasteiger charge is -2.30. The number of nitrogens with one attached hydrogen (secondary N) is 1. The maximum Gasteiger partial charge on any atom is 0.269 e. The average molecular weight is 264 g/mol. The molecule has 2 rings (SSSR count). The van der Waals surface area contributed by atoms with Gasteiger partial charge in [0.2, 0.25) is 0 Å². The van der Waals surface area contributed by atoms with Crippen molar-refractivity contribution >= 4 is 5.91 Å². The van der Waals surface area contributed by atoms with E-state index in [4.69, 9.17) is 0 Å². The summed E-state index contributed by atoms with van der Waals surface area (Å²) in [6.07, 6.45) is 2.60. The van der Waals surface area contributed by atoms with Crippen LogP contribution in [0.4, 0.5) is 0 Å². The number of rotatable bonds is 4. The van der Waals surface area contributed by atoms with Crippen LogP contribution in [0.5, 0.6) is 0 Å². The average Bonchev–Trinajstić information content (AvgIpc) is 2.68. The SMILES string of the molecule is Cc1cc(C(=O)NCCN2CCC[C@@H](C)C2)n(C)n1. The Morgan fingerprint density at radius 2 is 2.37 bits per heavy atom. The van der Waals surface area contributed by atoms with Crippen LogP contribution < -0.4 is 5.32 Å². The number of carbonyl (C=O) groups excluding carboxylic acids is 1. The fourth-order valence-corrected chi connectivity index (χ4v) is 2.73. The first-order valence-electron chi connectivity index (χ1n) is 7.07. The first-order chi connectivity index (χ1) is 9.06. The fourth-order valence-electron chi connectivity index (χ4n) is 2.73. The van der Waals surface area contributed by atoms with Gasteiger partial charge in [-0.3, -0.25) is 9.48 Å². The van der Waals surface area contributed by atoms with Crippen LogP contribution in [0.3, 0.4) is 0 Å². The molecule has 19 heavy (non-hydrogen) atoms. The van der Waals surface area contributed by atoms with Gasteiger partial charge < -0.3 is 10.2 Å². The number of amides is 1. The Morgan fingerprint density at radius 1 is 1.58 bits per heavy atom. The molecule has 1 fully saturated rings. The third kappa shape index (κ3) is 3.80. The van der Waals surface area contributed by atoms with Crippen molar-refractivity contribution in [1.29, 1.82) is 0 Å². The van der Waals surface area contributed by atoms with Crippen LogP contribution in [-0.2, 0) is 7.05 Å². The molecule has 1 atom stereocenters. The number of piperidine rings is 1. The molecular formula is C14H24N4O. The number of hydrogen-bond donors (Lipinski definition) is 1. The molecule has 1 aliphatic rings. The van der Waals surface area contributed by atoms with Crippen molar-refractivity contribution < 1.29 is 4.79 Å². The van der Waals surface area contributed by atoms with Gasteiger partial charge in [-0.1, -0.05) is 6.92 Å². The number of likely N-dealkylation sites (tertiary alicyclic amines) is 1. The third-order valence-electron chi connectivity index (χ3n) is 3.69. The zero-order valence-corrected chi connectivity index (χ0v) is 12.1. The van der Waals surface area contributed by atoms with Crippen LogP contribution in [0.2, 0.25) is 0 Å². The molecule has 5 heteroatoms. The minimum Gasteiger partial charge on any atom is -0.349 e. The summed E-state index contributed by atoms with van der Waals surface area (Å²) in [5.41, 5.74) is 1.50. The molecule has 0 bridgehead atoms. The van der Waals surface area contributed by atoms with Crippen molar-refractivity contribution in [2.24, 2.45) is 13.0 Å². The van der Waals surface area contributed by atoms with Crippen molar-refractivity contribution in [2.75, 3.05) is 26.2 Å². The Labute approximate surface area is 115 Å². The molecule has 0 saturated carbocycles. The van der Waals surface area contributed by atoms with Crippen molar-refractivity contribution in [3.8, 4) is 0 Å². The van der Waals surface area contributed by atoms with Gasteiger partial charge in [-0.25, -0.2) is 0 Å². The highest BCUT2D eigenvalue weighted by molar-refractivity contribution is 5.92. The normalized spacial score (nSPS) is 20.5. The second kappa shape index (κ2) is 6.19. The zero-order chi connectivity index (χ0) is 13.8. The van der Waals surface area contributed by atoms with E-state index in [9.17, 15) is 4.79 Å². The molecule has 0 unspecified atom stereocenters. The monoisotopic (exact) mass is 264 g/mol. The summed E-state index contributed by atoms with van der Waals surface area (Å²) >= 11 is 0. The van der Waals surface area contributed by atoms with Gasteiger partial charge in [0.15, 0.2) is 0 Å². The second-order valence-corrected chi connectivity index (χ2v) is 5.60. The fraction of sp³-hybridized carbons (Fsp3) is 0.714. The van der Waals surface area contributed by atoms with Gasteiger partial charge in [0.05, 0.1) is 5.69 Å². The first kappa shape index (κ1) is 14.1. The Hall–Kier alpha value is -1.36. The Balaban J connectivity index is 1.76. The molecule has 2 heterocycles. The van der Waals surface area contributed by atoms with Gasteiger partial charge >= 0.3 is 0 Å². The van der Waals surface area contributed by atoms with Crippen molar-refractivity contribution in [3.05, 3.63) is 17.5 Å². The van der Waals surface area contributed by atoms with Crippen LogP contribution in [-0.4, -0.2) is 46.8 Å². The Kier molecular flexibility index (Phi) is 4.58. The van der Waals surface area contributed by atoms with E-state index < -0.39 is 0 Å². The van der Waals surface area contributed by atoms with Gasteiger partial charge in [-0.2, -0.15) is 5.10 Å². The maximum absolute atomic E-state index is 12.0. The van der Waals surface area contributed by atoms with E-state index >= 15 is 0 Å². The quantitative estimate of drug-likeness (QED) is 0.888. The predicted octanol–water partition coefficient (Wildman–Crippen LogP) is 1.19. The molecule has 1 amide bonds. The number of aromatic nitrogens is 2. The van der Waals surface area contributed by atoms with E-state index in [0.717, 1.165) is 31.2 Å². The third-order valence-corrected chi connectivity index (χ3v) is 3.69. The largest absolute Gasteiger partial charge is 0.349 e. The van der Waals surface area contributed by atoms with Gasteiger partial charge in [0.1, 0.15) is 5.69 Å². The number of hydrogen-bond acceptors (Lipinski definition) is 3. The molecule has 0 aromatic carbocycles. The molecule has 0 spiro atoms. The van der Waals surface area contributed by atoms with E-state index in [2.05, 4.69) is 22.2 Å². The van der Waals surface area contributed by atoms with Gasteiger partial charge in [0.25, 0.3) is 5.91 Å². The molecule has 1 aliphatic heterocycles.